The number of aliphatic hydroxyl groups is 1. The maximum atomic E-state index is 12.1. The number of thioether (sulfide) groups is 1. The summed E-state index contributed by atoms with van der Waals surface area (Å²) in [5.74, 6) is -1.60. The molecule has 108 valence electrons. The maximum absolute atomic E-state index is 12.1. The summed E-state index contributed by atoms with van der Waals surface area (Å²) < 4.78 is 0. The minimum absolute atomic E-state index is 0.0474. The molecule has 0 amide bonds. The van der Waals surface area contributed by atoms with Gasteiger partial charge < -0.3 is 5.11 Å². The molecule has 1 N–H and O–H groups in total. The van der Waals surface area contributed by atoms with Gasteiger partial charge in [0.15, 0.2) is 10.8 Å². The molecule has 0 saturated carbocycles. The van der Waals surface area contributed by atoms with Crippen molar-refractivity contribution in [1.82, 2.24) is 0 Å². The molecule has 0 radical (unpaired) electrons. The molecule has 2 aliphatic rings. The summed E-state index contributed by atoms with van der Waals surface area (Å²) in [5.41, 5.74) is 1.63. The Bertz CT molecular complexity index is 782. The molecule has 0 spiro atoms. The minimum Gasteiger partial charge on any atom is -0.506 e. The average Bonchev–Trinajstić information content (AvgIpc) is 2.75. The Morgan fingerprint density at radius 1 is 1.00 bits per heavy atom. The first-order valence-electron chi connectivity index (χ1n) is 6.47. The molecule has 1 aliphatic carbocycles. The summed E-state index contributed by atoms with van der Waals surface area (Å²) in [7, 11) is 0. The molecule has 0 saturated heterocycles. The normalized spacial score (nSPS) is 19.5. The van der Waals surface area contributed by atoms with Gasteiger partial charge in [0.25, 0.3) is 0 Å². The average molecular weight is 327 g/mol. The number of ketones is 2. The van der Waals surface area contributed by atoms with Gasteiger partial charge in [0.1, 0.15) is 5.76 Å². The van der Waals surface area contributed by atoms with Gasteiger partial charge in [-0.05, 0) is 46.3 Å². The van der Waals surface area contributed by atoms with Gasteiger partial charge in [0.05, 0.1) is 11.1 Å². The van der Waals surface area contributed by atoms with Gasteiger partial charge in [0.2, 0.25) is 22.9 Å². The zero-order valence-corrected chi connectivity index (χ0v) is 13.0. The fraction of sp³-hybridized carbons (Fsp3) is 0. The maximum Gasteiger partial charge on any atom is 0.237 e. The van der Waals surface area contributed by atoms with Gasteiger partial charge in [-0.3, -0.25) is 9.59 Å². The molecular weight excluding hydrogens is 316 g/mol. The fourth-order valence-corrected chi connectivity index (χ4v) is 3.20. The van der Waals surface area contributed by atoms with Crippen molar-refractivity contribution in [3.05, 3.63) is 80.0 Å². The van der Waals surface area contributed by atoms with Crippen LogP contribution < -0.4 is 0 Å². The highest BCUT2D eigenvalue weighted by Crippen LogP contribution is 2.29. The number of carbonyl (C=O) groups is 2. The highest BCUT2D eigenvalue weighted by Gasteiger charge is 2.35. The van der Waals surface area contributed by atoms with E-state index in [9.17, 15) is 14.7 Å². The van der Waals surface area contributed by atoms with E-state index in [2.05, 4.69) is 0 Å². The highest BCUT2D eigenvalue weighted by molar-refractivity contribution is 8.04. The molecule has 1 aromatic rings. The standard InChI is InChI=1S/C17H10O3S2/c18-15-13(9-11-1-5-21-6-2-11)16(19)17(20)14(15)10-12-3-7-22-8-4-12/h1-10H/p+1. The number of carbonyl (C=O) groups excluding carboxylic acids is 2. The number of aliphatic hydroxyl groups excluding tert-OH is 1. The van der Waals surface area contributed by atoms with E-state index in [1.165, 1.54) is 35.3 Å². The van der Waals surface area contributed by atoms with Crippen LogP contribution >= 0.6 is 23.1 Å². The smallest absolute Gasteiger partial charge is 0.237 e. The predicted molar refractivity (Wildman–Crippen MR) is 90.3 cm³/mol. The first kappa shape index (κ1) is 14.7. The van der Waals surface area contributed by atoms with Crippen molar-refractivity contribution in [2.24, 2.45) is 0 Å². The highest BCUT2D eigenvalue weighted by atomic mass is 32.2. The number of Topliss-reactive ketones (excluding diaryl/α,β-unsaturated/α-hetero) is 2. The third-order valence-electron chi connectivity index (χ3n) is 3.18. The van der Waals surface area contributed by atoms with Crippen LogP contribution in [-0.2, 0) is 9.59 Å². The molecule has 1 aromatic heterocycles. The molecule has 2 heterocycles. The van der Waals surface area contributed by atoms with Crippen LogP contribution in [0.4, 0.5) is 0 Å². The number of allylic oxidation sites excluding steroid dienone is 6. The summed E-state index contributed by atoms with van der Waals surface area (Å²) in [6.45, 7) is 0. The second-order valence-corrected chi connectivity index (χ2v) is 6.24. The Morgan fingerprint density at radius 3 is 2.36 bits per heavy atom. The quantitative estimate of drug-likeness (QED) is 0.505. The van der Waals surface area contributed by atoms with Crippen LogP contribution in [0.15, 0.2) is 74.4 Å². The first-order valence-corrected chi connectivity index (χ1v) is 8.35. The van der Waals surface area contributed by atoms with Crippen LogP contribution in [0.2, 0.25) is 0 Å². The van der Waals surface area contributed by atoms with Crippen molar-refractivity contribution in [3.63, 3.8) is 0 Å². The molecule has 0 unspecified atom stereocenters. The van der Waals surface area contributed by atoms with Crippen LogP contribution in [0, 0.1) is 0 Å². The van der Waals surface area contributed by atoms with Gasteiger partial charge in [0, 0.05) is 12.1 Å². The van der Waals surface area contributed by atoms with Crippen molar-refractivity contribution < 1.29 is 14.7 Å². The van der Waals surface area contributed by atoms with Gasteiger partial charge >= 0.3 is 0 Å². The molecule has 0 fully saturated rings. The summed E-state index contributed by atoms with van der Waals surface area (Å²) in [6, 6.07) is 3.64. The topological polar surface area (TPSA) is 54.4 Å². The van der Waals surface area contributed by atoms with E-state index in [1.807, 2.05) is 45.9 Å². The van der Waals surface area contributed by atoms with Gasteiger partial charge in [-0.15, -0.1) is 11.8 Å². The van der Waals surface area contributed by atoms with Crippen molar-refractivity contribution >= 4 is 40.7 Å². The van der Waals surface area contributed by atoms with Crippen LogP contribution in [0.1, 0.15) is 5.56 Å². The van der Waals surface area contributed by atoms with E-state index in [-0.39, 0.29) is 16.9 Å². The van der Waals surface area contributed by atoms with Gasteiger partial charge in [-0.2, -0.15) is 0 Å². The molecule has 22 heavy (non-hydrogen) atoms. The summed E-state index contributed by atoms with van der Waals surface area (Å²) >= 11 is 3.04. The minimum atomic E-state index is -0.671. The van der Waals surface area contributed by atoms with Crippen LogP contribution in [0.5, 0.6) is 0 Å². The van der Waals surface area contributed by atoms with Gasteiger partial charge in [-0.25, -0.2) is 0 Å². The lowest BCUT2D eigenvalue weighted by molar-refractivity contribution is -0.131. The lowest BCUT2D eigenvalue weighted by atomic mass is 10.1. The van der Waals surface area contributed by atoms with E-state index in [0.29, 0.717) is 0 Å². The Hall–Kier alpha value is -2.24. The molecule has 5 heteroatoms. The SMILES string of the molecule is O=C1C(=O)/C(=C/c2cc[s+]cc2)C(O)=C1C=C1C=CSC=C1. The Kier molecular flexibility index (Phi) is 4.18. The van der Waals surface area contributed by atoms with E-state index < -0.39 is 11.6 Å². The second-order valence-electron chi connectivity index (χ2n) is 4.61. The lowest BCUT2D eigenvalue weighted by Crippen LogP contribution is -2.09. The van der Waals surface area contributed by atoms with E-state index in [1.54, 1.807) is 0 Å². The Morgan fingerprint density at radius 2 is 1.68 bits per heavy atom. The van der Waals surface area contributed by atoms with Crippen molar-refractivity contribution in [2.75, 3.05) is 0 Å². The molecule has 0 aromatic carbocycles. The molecule has 3 nitrogen and oxygen atoms in total. The van der Waals surface area contributed by atoms with Crippen molar-refractivity contribution in [3.8, 4) is 0 Å². The van der Waals surface area contributed by atoms with Crippen molar-refractivity contribution in [1.29, 1.82) is 0 Å². The number of rotatable bonds is 2. The second kappa shape index (κ2) is 6.25. The number of hydrogen-bond acceptors (Lipinski definition) is 4. The van der Waals surface area contributed by atoms with E-state index >= 15 is 0 Å². The summed E-state index contributed by atoms with van der Waals surface area (Å²) in [6.07, 6.45) is 6.72. The Labute approximate surface area is 135 Å². The van der Waals surface area contributed by atoms with Crippen LogP contribution in [0.25, 0.3) is 6.08 Å². The lowest BCUT2D eigenvalue weighted by Gasteiger charge is -2.00. The van der Waals surface area contributed by atoms with Gasteiger partial charge in [-0.1, -0.05) is 0 Å². The summed E-state index contributed by atoms with van der Waals surface area (Å²) in [4.78, 5) is 24.2. The van der Waals surface area contributed by atoms with E-state index in [4.69, 9.17) is 0 Å². The molecule has 0 atom stereocenters. The monoisotopic (exact) mass is 327 g/mol. The third-order valence-corrected chi connectivity index (χ3v) is 4.36. The molecule has 3 rings (SSSR count). The molecular formula is C17H11O3S2+. The number of hydrogen-bond donors (Lipinski definition) is 1. The summed E-state index contributed by atoms with van der Waals surface area (Å²) in [5, 5.41) is 17.7. The Balaban J connectivity index is 2.03. The largest absolute Gasteiger partial charge is 0.506 e. The van der Waals surface area contributed by atoms with Crippen LogP contribution in [0.3, 0.4) is 0 Å². The fourth-order valence-electron chi connectivity index (χ4n) is 2.07. The first-order chi connectivity index (χ1) is 10.7. The third kappa shape index (κ3) is 2.86. The van der Waals surface area contributed by atoms with Crippen molar-refractivity contribution in [2.45, 2.75) is 0 Å². The van der Waals surface area contributed by atoms with Crippen LogP contribution in [-0.4, -0.2) is 16.7 Å². The molecule has 0 bridgehead atoms. The molecule has 1 aliphatic heterocycles. The predicted octanol–water partition coefficient (Wildman–Crippen LogP) is 4.08. The zero-order chi connectivity index (χ0) is 15.5. The van der Waals surface area contributed by atoms with E-state index in [0.717, 1.165) is 11.1 Å². The zero-order valence-electron chi connectivity index (χ0n) is 11.4.